The Morgan fingerprint density at radius 1 is 1.23 bits per heavy atom. The predicted molar refractivity (Wildman–Crippen MR) is 130 cm³/mol. The molecule has 1 aliphatic heterocycles. The van der Waals surface area contributed by atoms with E-state index in [-0.39, 0.29) is 30.6 Å². The van der Waals surface area contributed by atoms with Crippen molar-refractivity contribution in [1.82, 2.24) is 15.1 Å². The zero-order chi connectivity index (χ0) is 24.8. The fraction of sp³-hybridized carbons (Fsp3) is 0.346. The SMILES string of the molecule is CCCc1cccc(-c2cc(NC(=O)[C@@H]3CNC(=O)C3)nn2-c2ccc(F)c(OCCOC)c2)c1. The lowest BCUT2D eigenvalue weighted by atomic mass is 10.0. The molecule has 1 atom stereocenters. The van der Waals surface area contributed by atoms with Gasteiger partial charge >= 0.3 is 0 Å². The Hall–Kier alpha value is -3.72. The van der Waals surface area contributed by atoms with Gasteiger partial charge in [-0.25, -0.2) is 9.07 Å². The van der Waals surface area contributed by atoms with E-state index < -0.39 is 11.7 Å². The second-order valence-electron chi connectivity index (χ2n) is 8.43. The summed E-state index contributed by atoms with van der Waals surface area (Å²) in [7, 11) is 1.55. The van der Waals surface area contributed by atoms with Crippen LogP contribution in [0.4, 0.5) is 10.2 Å². The van der Waals surface area contributed by atoms with Crippen molar-refractivity contribution < 1.29 is 23.5 Å². The molecule has 0 unspecified atom stereocenters. The topological polar surface area (TPSA) is 94.5 Å². The number of carbonyl (C=O) groups excluding carboxylic acids is 2. The Bertz CT molecular complexity index is 1210. The molecule has 2 amide bonds. The van der Waals surface area contributed by atoms with E-state index in [9.17, 15) is 14.0 Å². The molecule has 9 heteroatoms. The summed E-state index contributed by atoms with van der Waals surface area (Å²) in [6, 6.07) is 14.4. The molecule has 0 radical (unpaired) electrons. The van der Waals surface area contributed by atoms with Crippen molar-refractivity contribution in [3.63, 3.8) is 0 Å². The van der Waals surface area contributed by atoms with Crippen molar-refractivity contribution in [3.8, 4) is 22.7 Å². The van der Waals surface area contributed by atoms with E-state index >= 15 is 0 Å². The lowest BCUT2D eigenvalue weighted by Crippen LogP contribution is -2.24. The number of aromatic nitrogens is 2. The van der Waals surface area contributed by atoms with E-state index in [0.29, 0.717) is 24.7 Å². The van der Waals surface area contributed by atoms with Gasteiger partial charge in [-0.1, -0.05) is 31.5 Å². The van der Waals surface area contributed by atoms with Crippen LogP contribution < -0.4 is 15.4 Å². The summed E-state index contributed by atoms with van der Waals surface area (Å²) in [5, 5.41) is 10.1. The van der Waals surface area contributed by atoms with Crippen LogP contribution in [-0.4, -0.2) is 48.5 Å². The van der Waals surface area contributed by atoms with E-state index in [1.165, 1.54) is 11.6 Å². The molecule has 8 nitrogen and oxygen atoms in total. The number of hydrogen-bond acceptors (Lipinski definition) is 5. The van der Waals surface area contributed by atoms with E-state index in [2.05, 4.69) is 34.8 Å². The Kier molecular flexibility index (Phi) is 7.77. The fourth-order valence-corrected chi connectivity index (χ4v) is 4.01. The molecular weight excluding hydrogens is 451 g/mol. The summed E-state index contributed by atoms with van der Waals surface area (Å²) >= 11 is 0. The van der Waals surface area contributed by atoms with Crippen molar-refractivity contribution in [1.29, 1.82) is 0 Å². The highest BCUT2D eigenvalue weighted by atomic mass is 19.1. The number of hydrogen-bond donors (Lipinski definition) is 2. The van der Waals surface area contributed by atoms with Crippen molar-refractivity contribution in [2.24, 2.45) is 5.92 Å². The van der Waals surface area contributed by atoms with Gasteiger partial charge in [-0.3, -0.25) is 9.59 Å². The minimum absolute atomic E-state index is 0.0851. The van der Waals surface area contributed by atoms with Gasteiger partial charge in [0.2, 0.25) is 11.8 Å². The fourth-order valence-electron chi connectivity index (χ4n) is 4.01. The highest BCUT2D eigenvalue weighted by Gasteiger charge is 2.28. The molecule has 2 aromatic carbocycles. The maximum atomic E-state index is 14.4. The third-order valence-electron chi connectivity index (χ3n) is 5.77. The minimum atomic E-state index is -0.490. The van der Waals surface area contributed by atoms with Crippen LogP contribution in [0.1, 0.15) is 25.3 Å². The first-order valence-corrected chi connectivity index (χ1v) is 11.7. The first kappa shape index (κ1) is 24.4. The number of rotatable bonds is 10. The first-order chi connectivity index (χ1) is 17.0. The standard InChI is InChI=1S/C26H29FN4O4/c1-3-5-17-6-4-7-18(12-17)22-15-24(29-26(33)19-13-25(32)28-16-19)30-31(22)20-8-9-21(27)23(14-20)35-11-10-34-2/h4,6-9,12,14-15,19H,3,5,10-11,13,16H2,1-2H3,(H,28,32)(H,29,30,33)/t19-/m0/s1. The third kappa shape index (κ3) is 5.86. The first-order valence-electron chi connectivity index (χ1n) is 11.7. The molecule has 3 aromatic rings. The summed E-state index contributed by atoms with van der Waals surface area (Å²) in [5.41, 5.74) is 3.40. The van der Waals surface area contributed by atoms with Crippen LogP contribution in [0.2, 0.25) is 0 Å². The normalized spacial score (nSPS) is 15.2. The number of nitrogens with zero attached hydrogens (tertiary/aromatic N) is 2. The molecule has 2 N–H and O–H groups in total. The number of nitrogens with one attached hydrogen (secondary N) is 2. The Labute approximate surface area is 203 Å². The number of amides is 2. The number of benzene rings is 2. The van der Waals surface area contributed by atoms with Crippen LogP contribution in [0.15, 0.2) is 48.5 Å². The number of halogens is 1. The Balaban J connectivity index is 1.70. The molecule has 1 saturated heterocycles. The van der Waals surface area contributed by atoms with Crippen LogP contribution in [-0.2, 0) is 20.7 Å². The molecule has 1 fully saturated rings. The molecule has 0 bridgehead atoms. The maximum absolute atomic E-state index is 14.4. The number of aryl methyl sites for hydroxylation is 1. The molecule has 184 valence electrons. The van der Waals surface area contributed by atoms with Crippen molar-refractivity contribution in [2.75, 3.05) is 32.2 Å². The molecule has 0 saturated carbocycles. The van der Waals surface area contributed by atoms with Gasteiger partial charge in [0.1, 0.15) is 6.61 Å². The highest BCUT2D eigenvalue weighted by molar-refractivity contribution is 5.97. The summed E-state index contributed by atoms with van der Waals surface area (Å²) in [5.74, 6) is -0.928. The Morgan fingerprint density at radius 3 is 2.83 bits per heavy atom. The van der Waals surface area contributed by atoms with E-state index in [1.54, 1.807) is 30.0 Å². The van der Waals surface area contributed by atoms with Gasteiger partial charge in [0.25, 0.3) is 0 Å². The quantitative estimate of drug-likeness (QED) is 0.431. The van der Waals surface area contributed by atoms with Crippen molar-refractivity contribution >= 4 is 17.6 Å². The summed E-state index contributed by atoms with van der Waals surface area (Å²) in [4.78, 5) is 24.2. The minimum Gasteiger partial charge on any atom is -0.488 e. The lowest BCUT2D eigenvalue weighted by molar-refractivity contribution is -0.123. The summed E-state index contributed by atoms with van der Waals surface area (Å²) < 4.78 is 26.5. The van der Waals surface area contributed by atoms with Gasteiger partial charge in [-0.15, -0.1) is 5.10 Å². The molecule has 0 spiro atoms. The van der Waals surface area contributed by atoms with E-state index in [0.717, 1.165) is 24.1 Å². The lowest BCUT2D eigenvalue weighted by Gasteiger charge is -2.12. The van der Waals surface area contributed by atoms with Crippen LogP contribution >= 0.6 is 0 Å². The molecule has 4 rings (SSSR count). The average molecular weight is 481 g/mol. The van der Waals surface area contributed by atoms with Gasteiger partial charge in [0.05, 0.1) is 23.9 Å². The van der Waals surface area contributed by atoms with Crippen molar-refractivity contribution in [3.05, 3.63) is 59.9 Å². The molecule has 1 aliphatic rings. The van der Waals surface area contributed by atoms with Crippen LogP contribution in [0.25, 0.3) is 16.9 Å². The number of carbonyl (C=O) groups is 2. The number of methoxy groups -OCH3 is 1. The van der Waals surface area contributed by atoms with Gasteiger partial charge in [-0.2, -0.15) is 0 Å². The zero-order valence-corrected chi connectivity index (χ0v) is 19.8. The Morgan fingerprint density at radius 2 is 2.09 bits per heavy atom. The average Bonchev–Trinajstić information content (AvgIpc) is 3.47. The van der Waals surface area contributed by atoms with Gasteiger partial charge in [-0.05, 0) is 30.2 Å². The van der Waals surface area contributed by atoms with Crippen LogP contribution in [0, 0.1) is 11.7 Å². The van der Waals surface area contributed by atoms with Crippen LogP contribution in [0.5, 0.6) is 5.75 Å². The predicted octanol–water partition coefficient (Wildman–Crippen LogP) is 3.73. The van der Waals surface area contributed by atoms with Gasteiger partial charge < -0.3 is 20.1 Å². The zero-order valence-electron chi connectivity index (χ0n) is 19.8. The van der Waals surface area contributed by atoms with Crippen molar-refractivity contribution in [2.45, 2.75) is 26.2 Å². The van der Waals surface area contributed by atoms with Crippen LogP contribution in [0.3, 0.4) is 0 Å². The molecule has 35 heavy (non-hydrogen) atoms. The number of anilines is 1. The molecule has 1 aromatic heterocycles. The van der Waals surface area contributed by atoms with E-state index in [1.807, 2.05) is 12.1 Å². The molecule has 0 aliphatic carbocycles. The summed E-state index contributed by atoms with van der Waals surface area (Å²) in [6.45, 7) is 2.96. The second-order valence-corrected chi connectivity index (χ2v) is 8.43. The summed E-state index contributed by atoms with van der Waals surface area (Å²) in [6.07, 6.45) is 2.10. The molecular formula is C26H29FN4O4. The van der Waals surface area contributed by atoms with Gasteiger partial charge in [0.15, 0.2) is 17.4 Å². The maximum Gasteiger partial charge on any atom is 0.230 e. The molecule has 2 heterocycles. The van der Waals surface area contributed by atoms with E-state index in [4.69, 9.17) is 9.47 Å². The monoisotopic (exact) mass is 480 g/mol. The third-order valence-corrected chi connectivity index (χ3v) is 5.77. The van der Waals surface area contributed by atoms with Gasteiger partial charge in [0, 0.05) is 37.8 Å². The largest absolute Gasteiger partial charge is 0.488 e. The smallest absolute Gasteiger partial charge is 0.230 e. The number of ether oxygens (including phenoxy) is 2. The highest BCUT2D eigenvalue weighted by Crippen LogP contribution is 2.30. The second kappa shape index (κ2) is 11.1.